The monoisotopic (exact) mass is 418 g/mol. The molecule has 1 amide bonds. The van der Waals surface area contributed by atoms with Crippen molar-refractivity contribution in [2.45, 2.75) is 18.4 Å². The lowest BCUT2D eigenvalue weighted by Crippen LogP contribution is -2.46. The minimum absolute atomic E-state index is 0.194. The number of nitrogens with zero attached hydrogens (tertiary/aromatic N) is 1. The Hall–Kier alpha value is -3.82. The van der Waals surface area contributed by atoms with Crippen LogP contribution in [0.2, 0.25) is 0 Å². The van der Waals surface area contributed by atoms with Gasteiger partial charge in [0.05, 0.1) is 31.1 Å². The number of hydrogen-bond acceptors (Lipinski definition) is 7. The third-order valence-corrected chi connectivity index (χ3v) is 4.41. The summed E-state index contributed by atoms with van der Waals surface area (Å²) < 4.78 is 23.4. The Kier molecular flexibility index (Phi) is 7.56. The first-order valence-electron chi connectivity index (χ1n) is 8.72. The summed E-state index contributed by atoms with van der Waals surface area (Å²) in [7, 11) is 2.25. The number of halogens is 1. The number of methoxy groups -OCH3 is 2. The zero-order chi connectivity index (χ0) is 22.3. The fourth-order valence-electron chi connectivity index (χ4n) is 2.85. The molecule has 0 aromatic heterocycles. The molecule has 0 aliphatic rings. The standard InChI is InChI=1S/C20H19FN2O7/c1-29-17(24)11-15(12-7-9-13(10-8-12)23(27)28)18(20(26)30-2)22-19(25)14-5-3-4-6-16(14)21/h3-10,15,18H,11H2,1-2H3,(H,22,25)/t15-,18+/m0/s1. The highest BCUT2D eigenvalue weighted by molar-refractivity contribution is 5.97. The van der Waals surface area contributed by atoms with Gasteiger partial charge in [0.15, 0.2) is 0 Å². The molecule has 0 spiro atoms. The highest BCUT2D eigenvalue weighted by Crippen LogP contribution is 2.27. The zero-order valence-corrected chi connectivity index (χ0v) is 16.2. The van der Waals surface area contributed by atoms with Crippen molar-refractivity contribution >= 4 is 23.5 Å². The molecular weight excluding hydrogens is 399 g/mol. The van der Waals surface area contributed by atoms with Gasteiger partial charge in [-0.2, -0.15) is 0 Å². The molecular formula is C20H19FN2O7. The predicted molar refractivity (Wildman–Crippen MR) is 102 cm³/mol. The fraction of sp³-hybridized carbons (Fsp3) is 0.250. The van der Waals surface area contributed by atoms with E-state index in [4.69, 9.17) is 4.74 Å². The van der Waals surface area contributed by atoms with Crippen molar-refractivity contribution in [3.8, 4) is 0 Å². The molecule has 10 heteroatoms. The first-order chi connectivity index (χ1) is 14.3. The fourth-order valence-corrected chi connectivity index (χ4v) is 2.85. The van der Waals surface area contributed by atoms with E-state index in [2.05, 4.69) is 10.1 Å². The highest BCUT2D eigenvalue weighted by Gasteiger charge is 2.35. The Morgan fingerprint density at radius 3 is 2.23 bits per heavy atom. The summed E-state index contributed by atoms with van der Waals surface area (Å²) in [5, 5.41) is 13.3. The molecule has 158 valence electrons. The molecule has 1 N–H and O–H groups in total. The number of amides is 1. The summed E-state index contributed by atoms with van der Waals surface area (Å²) in [5.74, 6) is -4.24. The van der Waals surface area contributed by atoms with E-state index in [9.17, 15) is 28.9 Å². The van der Waals surface area contributed by atoms with Crippen LogP contribution in [0.4, 0.5) is 10.1 Å². The van der Waals surface area contributed by atoms with Crippen LogP contribution in [0.3, 0.4) is 0 Å². The van der Waals surface area contributed by atoms with Gasteiger partial charge in [0, 0.05) is 18.1 Å². The van der Waals surface area contributed by atoms with Crippen LogP contribution in [-0.4, -0.2) is 43.0 Å². The summed E-state index contributed by atoms with van der Waals surface area (Å²) in [6.45, 7) is 0. The number of carbonyl (C=O) groups excluding carboxylic acids is 3. The molecule has 2 rings (SSSR count). The van der Waals surface area contributed by atoms with E-state index in [-0.39, 0.29) is 17.7 Å². The lowest BCUT2D eigenvalue weighted by molar-refractivity contribution is -0.384. The van der Waals surface area contributed by atoms with Crippen LogP contribution in [0.1, 0.15) is 28.3 Å². The number of nitro groups is 1. The summed E-state index contributed by atoms with van der Waals surface area (Å²) in [4.78, 5) is 47.2. The Balaban J connectivity index is 2.44. The molecule has 0 bridgehead atoms. The number of hydrogen-bond donors (Lipinski definition) is 1. The molecule has 2 aromatic rings. The minimum atomic E-state index is -1.39. The molecule has 0 unspecified atom stereocenters. The molecule has 0 aliphatic heterocycles. The average molecular weight is 418 g/mol. The SMILES string of the molecule is COC(=O)C[C@@H](c1ccc([N+](=O)[O-])cc1)[C@@H](NC(=O)c1ccccc1F)C(=O)OC. The van der Waals surface area contributed by atoms with E-state index in [1.807, 2.05) is 0 Å². The molecule has 0 heterocycles. The first-order valence-corrected chi connectivity index (χ1v) is 8.72. The quantitative estimate of drug-likeness (QED) is 0.396. The van der Waals surface area contributed by atoms with Crippen molar-refractivity contribution < 1.29 is 33.2 Å². The first kappa shape index (κ1) is 22.5. The molecule has 0 fully saturated rings. The van der Waals surface area contributed by atoms with Gasteiger partial charge < -0.3 is 14.8 Å². The second kappa shape index (κ2) is 10.1. The van der Waals surface area contributed by atoms with Gasteiger partial charge >= 0.3 is 11.9 Å². The molecule has 2 atom stereocenters. The molecule has 9 nitrogen and oxygen atoms in total. The Labute approximate surface area is 170 Å². The van der Waals surface area contributed by atoms with Gasteiger partial charge in [-0.1, -0.05) is 24.3 Å². The van der Waals surface area contributed by atoms with Crippen molar-refractivity contribution in [3.63, 3.8) is 0 Å². The Morgan fingerprint density at radius 1 is 1.07 bits per heavy atom. The maximum absolute atomic E-state index is 14.0. The predicted octanol–water partition coefficient (Wildman–Crippen LogP) is 2.35. The maximum atomic E-state index is 14.0. The van der Waals surface area contributed by atoms with Crippen LogP contribution in [0, 0.1) is 15.9 Å². The second-order valence-electron chi connectivity index (χ2n) is 6.19. The Bertz CT molecular complexity index is 946. The normalized spacial score (nSPS) is 12.4. The summed E-state index contributed by atoms with van der Waals surface area (Å²) >= 11 is 0. The molecule has 0 saturated carbocycles. The van der Waals surface area contributed by atoms with Gasteiger partial charge in [-0.15, -0.1) is 0 Å². The van der Waals surface area contributed by atoms with Crippen LogP contribution in [0.15, 0.2) is 48.5 Å². The summed E-state index contributed by atoms with van der Waals surface area (Å²) in [5.41, 5.74) is -0.150. The van der Waals surface area contributed by atoms with Gasteiger partial charge in [0.25, 0.3) is 11.6 Å². The van der Waals surface area contributed by atoms with Gasteiger partial charge in [-0.05, 0) is 17.7 Å². The summed E-state index contributed by atoms with van der Waals surface area (Å²) in [6, 6.07) is 8.91. The van der Waals surface area contributed by atoms with Crippen LogP contribution in [-0.2, 0) is 19.1 Å². The van der Waals surface area contributed by atoms with Crippen molar-refractivity contribution in [2.24, 2.45) is 0 Å². The lowest BCUT2D eigenvalue weighted by atomic mass is 9.88. The van der Waals surface area contributed by atoms with E-state index in [1.54, 1.807) is 0 Å². The van der Waals surface area contributed by atoms with Crippen LogP contribution in [0.5, 0.6) is 0 Å². The van der Waals surface area contributed by atoms with Gasteiger partial charge in [-0.3, -0.25) is 19.7 Å². The molecule has 30 heavy (non-hydrogen) atoms. The number of esters is 2. The number of carbonyl (C=O) groups is 3. The van der Waals surface area contributed by atoms with Gasteiger partial charge in [0.1, 0.15) is 11.9 Å². The second-order valence-corrected chi connectivity index (χ2v) is 6.19. The zero-order valence-electron chi connectivity index (χ0n) is 16.2. The van der Waals surface area contributed by atoms with Crippen LogP contribution in [0.25, 0.3) is 0 Å². The minimum Gasteiger partial charge on any atom is -0.469 e. The number of non-ortho nitro benzene ring substituents is 1. The largest absolute Gasteiger partial charge is 0.469 e. The van der Waals surface area contributed by atoms with Crippen molar-refractivity contribution in [1.29, 1.82) is 0 Å². The highest BCUT2D eigenvalue weighted by atomic mass is 19.1. The number of rotatable bonds is 8. The van der Waals surface area contributed by atoms with E-state index in [0.29, 0.717) is 5.56 Å². The van der Waals surface area contributed by atoms with Crippen LogP contribution < -0.4 is 5.32 Å². The van der Waals surface area contributed by atoms with E-state index in [0.717, 1.165) is 20.3 Å². The lowest BCUT2D eigenvalue weighted by Gasteiger charge is -2.26. The van der Waals surface area contributed by atoms with Gasteiger partial charge in [0.2, 0.25) is 0 Å². The van der Waals surface area contributed by atoms with Gasteiger partial charge in [-0.25, -0.2) is 9.18 Å². The van der Waals surface area contributed by atoms with Crippen LogP contribution >= 0.6 is 0 Å². The van der Waals surface area contributed by atoms with E-state index < -0.39 is 40.5 Å². The summed E-state index contributed by atoms with van der Waals surface area (Å²) in [6.07, 6.45) is -0.342. The van der Waals surface area contributed by atoms with Crippen molar-refractivity contribution in [3.05, 3.63) is 75.6 Å². The number of nitro benzene ring substituents is 1. The van der Waals surface area contributed by atoms with Crippen molar-refractivity contribution in [1.82, 2.24) is 5.32 Å². The smallest absolute Gasteiger partial charge is 0.329 e. The molecule has 2 aromatic carbocycles. The third-order valence-electron chi connectivity index (χ3n) is 4.41. The van der Waals surface area contributed by atoms with E-state index >= 15 is 0 Å². The molecule has 0 aliphatic carbocycles. The number of ether oxygens (including phenoxy) is 2. The maximum Gasteiger partial charge on any atom is 0.329 e. The van der Waals surface area contributed by atoms with E-state index in [1.165, 1.54) is 42.5 Å². The average Bonchev–Trinajstić information content (AvgIpc) is 2.75. The number of benzene rings is 2. The Morgan fingerprint density at radius 2 is 1.70 bits per heavy atom. The molecule has 0 saturated heterocycles. The molecule has 0 radical (unpaired) electrons. The third kappa shape index (κ3) is 5.37. The number of nitrogens with one attached hydrogen (secondary N) is 1. The van der Waals surface area contributed by atoms with Crippen molar-refractivity contribution in [2.75, 3.05) is 14.2 Å². The topological polar surface area (TPSA) is 125 Å².